The van der Waals surface area contributed by atoms with Gasteiger partial charge in [-0.3, -0.25) is 4.79 Å². The SMILES string of the molecule is O=C(c1ccc(Nc2cccc(C(F)F)c2)c2ccccc12)N1CCCCC1. The summed E-state index contributed by atoms with van der Waals surface area (Å²) < 4.78 is 26.0. The molecule has 0 aromatic heterocycles. The van der Waals surface area contributed by atoms with Crippen LogP contribution in [0.5, 0.6) is 0 Å². The first kappa shape index (κ1) is 18.4. The number of anilines is 2. The van der Waals surface area contributed by atoms with Gasteiger partial charge in [0.1, 0.15) is 0 Å². The predicted molar refractivity (Wildman–Crippen MR) is 108 cm³/mol. The van der Waals surface area contributed by atoms with Crippen molar-refractivity contribution in [3.8, 4) is 0 Å². The third kappa shape index (κ3) is 3.70. The fraction of sp³-hybridized carbons (Fsp3) is 0.261. The minimum atomic E-state index is -2.51. The second kappa shape index (κ2) is 7.97. The lowest BCUT2D eigenvalue weighted by Gasteiger charge is -2.27. The number of rotatable bonds is 4. The molecule has 1 amide bonds. The summed E-state index contributed by atoms with van der Waals surface area (Å²) >= 11 is 0. The van der Waals surface area contributed by atoms with E-state index < -0.39 is 6.43 Å². The van der Waals surface area contributed by atoms with Gasteiger partial charge in [0.2, 0.25) is 0 Å². The van der Waals surface area contributed by atoms with Crippen LogP contribution in [0.4, 0.5) is 20.2 Å². The molecule has 1 aliphatic rings. The third-order valence-corrected chi connectivity index (χ3v) is 5.22. The van der Waals surface area contributed by atoms with Gasteiger partial charge >= 0.3 is 0 Å². The van der Waals surface area contributed by atoms with Crippen LogP contribution >= 0.6 is 0 Å². The van der Waals surface area contributed by atoms with E-state index in [1.807, 2.05) is 41.3 Å². The molecule has 3 aromatic carbocycles. The maximum atomic E-state index is 13.0. The van der Waals surface area contributed by atoms with E-state index in [1.165, 1.54) is 18.6 Å². The number of piperidine rings is 1. The molecule has 144 valence electrons. The predicted octanol–water partition coefficient (Wildman–Crippen LogP) is 6.15. The van der Waals surface area contributed by atoms with Crippen molar-refractivity contribution in [2.75, 3.05) is 18.4 Å². The van der Waals surface area contributed by atoms with Crippen molar-refractivity contribution < 1.29 is 13.6 Å². The Balaban J connectivity index is 1.69. The van der Waals surface area contributed by atoms with Crippen molar-refractivity contribution in [1.82, 2.24) is 4.90 Å². The molecule has 1 fully saturated rings. The van der Waals surface area contributed by atoms with Gasteiger partial charge in [0, 0.05) is 41.0 Å². The van der Waals surface area contributed by atoms with E-state index in [4.69, 9.17) is 0 Å². The number of carbonyl (C=O) groups excluding carboxylic acids is 1. The number of hydrogen-bond acceptors (Lipinski definition) is 2. The third-order valence-electron chi connectivity index (χ3n) is 5.22. The Hall–Kier alpha value is -2.95. The Bertz CT molecular complexity index is 997. The molecule has 1 heterocycles. The summed E-state index contributed by atoms with van der Waals surface area (Å²) in [5, 5.41) is 4.99. The number of fused-ring (bicyclic) bond motifs is 1. The van der Waals surface area contributed by atoms with E-state index >= 15 is 0 Å². The van der Waals surface area contributed by atoms with Crippen molar-refractivity contribution >= 4 is 28.1 Å². The molecule has 0 unspecified atom stereocenters. The van der Waals surface area contributed by atoms with E-state index in [1.54, 1.807) is 12.1 Å². The number of amides is 1. The molecule has 5 heteroatoms. The number of halogens is 2. The smallest absolute Gasteiger partial charge is 0.263 e. The molecule has 0 spiro atoms. The average molecular weight is 380 g/mol. The Labute approximate surface area is 163 Å². The lowest BCUT2D eigenvalue weighted by atomic mass is 10.0. The lowest BCUT2D eigenvalue weighted by molar-refractivity contribution is 0.0726. The summed E-state index contributed by atoms with van der Waals surface area (Å²) in [5.41, 5.74) is 2.05. The zero-order valence-electron chi connectivity index (χ0n) is 15.5. The van der Waals surface area contributed by atoms with Crippen LogP contribution in [-0.2, 0) is 0 Å². The molecule has 4 rings (SSSR count). The average Bonchev–Trinajstić information content (AvgIpc) is 2.74. The van der Waals surface area contributed by atoms with Gasteiger partial charge in [0.05, 0.1) is 0 Å². The van der Waals surface area contributed by atoms with Crippen molar-refractivity contribution in [3.63, 3.8) is 0 Å². The van der Waals surface area contributed by atoms with Crippen LogP contribution in [0, 0.1) is 0 Å². The number of nitrogens with one attached hydrogen (secondary N) is 1. The Morgan fingerprint density at radius 1 is 0.893 bits per heavy atom. The second-order valence-electron chi connectivity index (χ2n) is 7.11. The standard InChI is InChI=1S/C23H22F2N2O/c24-22(25)16-7-6-8-17(15-16)26-21-12-11-20(18-9-2-3-10-19(18)21)23(28)27-13-4-1-5-14-27/h2-3,6-12,15,22,26H,1,4-5,13-14H2. The van der Waals surface area contributed by atoms with E-state index in [0.29, 0.717) is 11.3 Å². The first-order chi connectivity index (χ1) is 13.6. The number of nitrogens with zero attached hydrogens (tertiary/aromatic N) is 1. The molecule has 3 aromatic rings. The zero-order valence-corrected chi connectivity index (χ0v) is 15.5. The summed E-state index contributed by atoms with van der Waals surface area (Å²) in [4.78, 5) is 14.9. The van der Waals surface area contributed by atoms with E-state index in [-0.39, 0.29) is 11.5 Å². The van der Waals surface area contributed by atoms with Crippen LogP contribution in [0.1, 0.15) is 41.6 Å². The van der Waals surface area contributed by atoms with Crippen molar-refractivity contribution in [1.29, 1.82) is 0 Å². The molecule has 0 atom stereocenters. The molecular weight excluding hydrogens is 358 g/mol. The molecule has 0 saturated carbocycles. The van der Waals surface area contributed by atoms with Gasteiger partial charge in [-0.25, -0.2) is 8.78 Å². The fourth-order valence-electron chi connectivity index (χ4n) is 3.77. The molecule has 1 aliphatic heterocycles. The van der Waals surface area contributed by atoms with Crippen LogP contribution in [0.15, 0.2) is 60.7 Å². The van der Waals surface area contributed by atoms with E-state index in [2.05, 4.69) is 5.32 Å². The highest BCUT2D eigenvalue weighted by molar-refractivity contribution is 6.10. The van der Waals surface area contributed by atoms with Gasteiger partial charge in [-0.1, -0.05) is 36.4 Å². The molecule has 0 bridgehead atoms. The van der Waals surface area contributed by atoms with Crippen LogP contribution in [0.2, 0.25) is 0 Å². The molecule has 1 saturated heterocycles. The molecule has 0 radical (unpaired) electrons. The number of benzene rings is 3. The largest absolute Gasteiger partial charge is 0.355 e. The normalized spacial score (nSPS) is 14.5. The molecule has 0 aliphatic carbocycles. The molecule has 3 nitrogen and oxygen atoms in total. The Morgan fingerprint density at radius 3 is 2.39 bits per heavy atom. The van der Waals surface area contributed by atoms with Crippen molar-refractivity contribution in [2.24, 2.45) is 0 Å². The maximum absolute atomic E-state index is 13.0. The summed E-state index contributed by atoms with van der Waals surface area (Å²) in [6.07, 6.45) is 0.751. The number of alkyl halides is 2. The van der Waals surface area contributed by atoms with Crippen LogP contribution in [0.25, 0.3) is 10.8 Å². The molecule has 28 heavy (non-hydrogen) atoms. The highest BCUT2D eigenvalue weighted by Gasteiger charge is 2.20. The van der Waals surface area contributed by atoms with Crippen molar-refractivity contribution in [2.45, 2.75) is 25.7 Å². The highest BCUT2D eigenvalue weighted by Crippen LogP contribution is 2.31. The van der Waals surface area contributed by atoms with Crippen LogP contribution in [0.3, 0.4) is 0 Å². The van der Waals surface area contributed by atoms with Gasteiger partial charge in [-0.15, -0.1) is 0 Å². The second-order valence-corrected chi connectivity index (χ2v) is 7.11. The van der Waals surface area contributed by atoms with Gasteiger partial charge in [0.15, 0.2) is 0 Å². The monoisotopic (exact) mass is 380 g/mol. The quantitative estimate of drug-likeness (QED) is 0.589. The Kier molecular flexibility index (Phi) is 5.24. The van der Waals surface area contributed by atoms with E-state index in [0.717, 1.165) is 42.4 Å². The summed E-state index contributed by atoms with van der Waals surface area (Å²) in [7, 11) is 0. The maximum Gasteiger partial charge on any atom is 0.263 e. The van der Waals surface area contributed by atoms with Crippen LogP contribution < -0.4 is 5.32 Å². The summed E-state index contributed by atoms with van der Waals surface area (Å²) in [6.45, 7) is 1.60. The van der Waals surface area contributed by atoms with Gasteiger partial charge in [0.25, 0.3) is 12.3 Å². The number of likely N-dealkylation sites (tertiary alicyclic amines) is 1. The highest BCUT2D eigenvalue weighted by atomic mass is 19.3. The Morgan fingerprint density at radius 2 is 1.64 bits per heavy atom. The first-order valence-corrected chi connectivity index (χ1v) is 9.59. The molecule has 1 N–H and O–H groups in total. The lowest BCUT2D eigenvalue weighted by Crippen LogP contribution is -2.35. The minimum absolute atomic E-state index is 0.0220. The van der Waals surface area contributed by atoms with E-state index in [9.17, 15) is 13.6 Å². The molecular formula is C23H22F2N2O. The zero-order chi connectivity index (χ0) is 19.5. The first-order valence-electron chi connectivity index (χ1n) is 9.59. The van der Waals surface area contributed by atoms with Gasteiger partial charge in [-0.2, -0.15) is 0 Å². The van der Waals surface area contributed by atoms with Gasteiger partial charge < -0.3 is 10.2 Å². The van der Waals surface area contributed by atoms with Crippen molar-refractivity contribution in [3.05, 3.63) is 71.8 Å². The summed E-state index contributed by atoms with van der Waals surface area (Å²) in [5.74, 6) is 0.0575. The minimum Gasteiger partial charge on any atom is -0.355 e. The number of hydrogen-bond donors (Lipinski definition) is 1. The summed E-state index contributed by atoms with van der Waals surface area (Å²) in [6, 6.07) is 17.6. The topological polar surface area (TPSA) is 32.3 Å². The van der Waals surface area contributed by atoms with Gasteiger partial charge in [-0.05, 0) is 48.9 Å². The number of carbonyl (C=O) groups is 1. The fourth-order valence-corrected chi connectivity index (χ4v) is 3.77. The van der Waals surface area contributed by atoms with Crippen LogP contribution in [-0.4, -0.2) is 23.9 Å².